The van der Waals surface area contributed by atoms with E-state index in [1.165, 1.54) is 0 Å². The van der Waals surface area contributed by atoms with E-state index >= 15 is 0 Å². The average Bonchev–Trinajstić information content (AvgIpc) is 3.24. The molecular formula is C24H20Cl2N2O3. The van der Waals surface area contributed by atoms with Crippen LogP contribution >= 0.6 is 23.2 Å². The topological polar surface area (TPSA) is 43.3 Å². The van der Waals surface area contributed by atoms with Crippen LogP contribution in [0.25, 0.3) is 0 Å². The highest BCUT2D eigenvalue weighted by Gasteiger charge is 2.42. The van der Waals surface area contributed by atoms with Crippen molar-refractivity contribution in [1.82, 2.24) is 5.01 Å². The molecule has 2 atom stereocenters. The van der Waals surface area contributed by atoms with Gasteiger partial charge in [0.25, 0.3) is 0 Å². The Kier molecular flexibility index (Phi) is 5.16. The van der Waals surface area contributed by atoms with Crippen molar-refractivity contribution in [2.75, 3.05) is 14.2 Å². The van der Waals surface area contributed by atoms with Gasteiger partial charge in [-0.2, -0.15) is 5.10 Å². The van der Waals surface area contributed by atoms with Gasteiger partial charge in [-0.15, -0.1) is 0 Å². The van der Waals surface area contributed by atoms with E-state index in [9.17, 15) is 0 Å². The molecule has 7 heteroatoms. The van der Waals surface area contributed by atoms with E-state index in [0.29, 0.717) is 15.8 Å². The molecule has 158 valence electrons. The summed E-state index contributed by atoms with van der Waals surface area (Å²) in [7, 11) is 3.28. The van der Waals surface area contributed by atoms with E-state index in [1.807, 2.05) is 65.7 Å². The Balaban J connectivity index is 1.63. The lowest BCUT2D eigenvalue weighted by atomic mass is 9.96. The summed E-state index contributed by atoms with van der Waals surface area (Å²) >= 11 is 12.4. The van der Waals surface area contributed by atoms with Crippen LogP contribution in [0, 0.1) is 0 Å². The van der Waals surface area contributed by atoms with Gasteiger partial charge < -0.3 is 14.2 Å². The van der Waals surface area contributed by atoms with Crippen LogP contribution in [0.2, 0.25) is 10.0 Å². The first-order chi connectivity index (χ1) is 15.1. The predicted octanol–water partition coefficient (Wildman–Crippen LogP) is 6.25. The van der Waals surface area contributed by atoms with E-state index < -0.39 is 6.23 Å². The minimum Gasteiger partial charge on any atom is -0.497 e. The second-order valence-electron chi connectivity index (χ2n) is 7.41. The Morgan fingerprint density at radius 1 is 0.903 bits per heavy atom. The van der Waals surface area contributed by atoms with Crippen LogP contribution in [0.3, 0.4) is 0 Å². The zero-order valence-corrected chi connectivity index (χ0v) is 18.5. The Morgan fingerprint density at radius 3 is 2.42 bits per heavy atom. The molecule has 2 heterocycles. The molecule has 0 aromatic heterocycles. The van der Waals surface area contributed by atoms with Gasteiger partial charge in [-0.1, -0.05) is 35.3 Å². The molecule has 0 amide bonds. The SMILES string of the molecule is COc1ccc(OC)c([C@H]2Oc3ccc(Cl)cc3[C@@H]3CC(c4ccc(Cl)cc4)=NN23)c1. The molecule has 3 aromatic carbocycles. The highest BCUT2D eigenvalue weighted by Crippen LogP contribution is 2.49. The van der Waals surface area contributed by atoms with Gasteiger partial charge in [0.2, 0.25) is 6.23 Å². The molecule has 0 saturated heterocycles. The maximum atomic E-state index is 6.44. The molecule has 0 spiro atoms. The van der Waals surface area contributed by atoms with Crippen molar-refractivity contribution >= 4 is 28.9 Å². The van der Waals surface area contributed by atoms with Crippen LogP contribution in [-0.2, 0) is 0 Å². The molecule has 2 aliphatic heterocycles. The number of hydrazone groups is 1. The zero-order valence-electron chi connectivity index (χ0n) is 17.0. The number of benzene rings is 3. The Morgan fingerprint density at radius 2 is 1.68 bits per heavy atom. The lowest BCUT2D eigenvalue weighted by Gasteiger charge is -2.38. The number of nitrogens with zero attached hydrogens (tertiary/aromatic N) is 2. The largest absolute Gasteiger partial charge is 0.497 e. The summed E-state index contributed by atoms with van der Waals surface area (Å²) in [5.74, 6) is 2.21. The fourth-order valence-electron chi connectivity index (χ4n) is 4.11. The van der Waals surface area contributed by atoms with Gasteiger partial charge >= 0.3 is 0 Å². The van der Waals surface area contributed by atoms with Gasteiger partial charge in [0.05, 0.1) is 31.5 Å². The van der Waals surface area contributed by atoms with Crippen LogP contribution in [0.5, 0.6) is 17.2 Å². The van der Waals surface area contributed by atoms with Crippen molar-refractivity contribution < 1.29 is 14.2 Å². The van der Waals surface area contributed by atoms with Crippen LogP contribution in [-0.4, -0.2) is 24.9 Å². The fraction of sp³-hybridized carbons (Fsp3) is 0.208. The molecule has 0 fully saturated rings. The molecule has 3 aromatic rings. The standard InChI is InChI=1S/C24H20Cl2N2O3/c1-29-17-8-10-22(30-2)19(12-17)24-28-21(18-11-16(26)7-9-23(18)31-24)13-20(27-28)14-3-5-15(25)6-4-14/h3-12,21,24H,13H2,1-2H3/t21-,24+/m0/s1. The van der Waals surface area contributed by atoms with E-state index in [0.717, 1.165) is 40.3 Å². The molecule has 0 radical (unpaired) electrons. The molecule has 5 rings (SSSR count). The first-order valence-corrected chi connectivity index (χ1v) is 10.6. The van der Waals surface area contributed by atoms with Gasteiger partial charge in [-0.05, 0) is 54.1 Å². The summed E-state index contributed by atoms with van der Waals surface area (Å²) in [5.41, 5.74) is 3.84. The third kappa shape index (κ3) is 3.58. The third-order valence-electron chi connectivity index (χ3n) is 5.63. The van der Waals surface area contributed by atoms with Crippen LogP contribution in [0.1, 0.15) is 35.4 Å². The van der Waals surface area contributed by atoms with E-state index in [1.54, 1.807) is 14.2 Å². The minimum atomic E-state index is -0.478. The van der Waals surface area contributed by atoms with Crippen molar-refractivity contribution in [2.24, 2.45) is 5.10 Å². The lowest BCUT2D eigenvalue weighted by molar-refractivity contribution is -0.0204. The first kappa shape index (κ1) is 20.0. The molecule has 0 N–H and O–H groups in total. The lowest BCUT2D eigenvalue weighted by Crippen LogP contribution is -2.34. The molecule has 0 unspecified atom stereocenters. The quantitative estimate of drug-likeness (QED) is 0.466. The summed E-state index contributed by atoms with van der Waals surface area (Å²) in [6, 6.07) is 19.1. The number of hydrogen-bond acceptors (Lipinski definition) is 5. The predicted molar refractivity (Wildman–Crippen MR) is 122 cm³/mol. The van der Waals surface area contributed by atoms with Gasteiger partial charge in [-0.25, -0.2) is 5.01 Å². The summed E-state index contributed by atoms with van der Waals surface area (Å²) < 4.78 is 17.5. The number of fused-ring (bicyclic) bond motifs is 3. The number of ether oxygens (including phenoxy) is 3. The van der Waals surface area contributed by atoms with Crippen molar-refractivity contribution in [2.45, 2.75) is 18.7 Å². The van der Waals surface area contributed by atoms with E-state index in [4.69, 9.17) is 42.5 Å². The molecule has 0 aliphatic carbocycles. The number of methoxy groups -OCH3 is 2. The van der Waals surface area contributed by atoms with Crippen molar-refractivity contribution in [1.29, 1.82) is 0 Å². The molecule has 0 saturated carbocycles. The summed E-state index contributed by atoms with van der Waals surface area (Å²) in [5, 5.41) is 8.32. The molecular weight excluding hydrogens is 435 g/mol. The third-order valence-corrected chi connectivity index (χ3v) is 6.12. The van der Waals surface area contributed by atoms with E-state index in [-0.39, 0.29) is 6.04 Å². The summed E-state index contributed by atoms with van der Waals surface area (Å²) in [4.78, 5) is 0. The maximum absolute atomic E-state index is 6.44. The number of halogens is 2. The van der Waals surface area contributed by atoms with Gasteiger partial charge in [0, 0.05) is 22.0 Å². The highest BCUT2D eigenvalue weighted by atomic mass is 35.5. The Labute approximate surface area is 190 Å². The smallest absolute Gasteiger partial charge is 0.217 e. The second-order valence-corrected chi connectivity index (χ2v) is 8.29. The summed E-state index contributed by atoms with van der Waals surface area (Å²) in [6.07, 6.45) is 0.245. The number of rotatable bonds is 4. The van der Waals surface area contributed by atoms with Gasteiger partial charge in [-0.3, -0.25) is 0 Å². The van der Waals surface area contributed by atoms with Gasteiger partial charge in [0.1, 0.15) is 17.2 Å². The monoisotopic (exact) mass is 454 g/mol. The zero-order chi connectivity index (χ0) is 21.5. The Bertz CT molecular complexity index is 1160. The molecule has 31 heavy (non-hydrogen) atoms. The molecule has 0 bridgehead atoms. The van der Waals surface area contributed by atoms with Crippen LogP contribution < -0.4 is 14.2 Å². The second kappa shape index (κ2) is 7.98. The highest BCUT2D eigenvalue weighted by molar-refractivity contribution is 6.31. The summed E-state index contributed by atoms with van der Waals surface area (Å²) in [6.45, 7) is 0. The van der Waals surface area contributed by atoms with Crippen LogP contribution in [0.4, 0.5) is 0 Å². The fourth-order valence-corrected chi connectivity index (χ4v) is 4.42. The van der Waals surface area contributed by atoms with Crippen molar-refractivity contribution in [3.05, 3.63) is 87.4 Å². The normalized spacial score (nSPS) is 19.2. The number of hydrogen-bond donors (Lipinski definition) is 0. The average molecular weight is 455 g/mol. The van der Waals surface area contributed by atoms with E-state index in [2.05, 4.69) is 0 Å². The minimum absolute atomic E-state index is 0.0194. The van der Waals surface area contributed by atoms with Crippen molar-refractivity contribution in [3.63, 3.8) is 0 Å². The molecule has 2 aliphatic rings. The first-order valence-electron chi connectivity index (χ1n) is 9.87. The maximum Gasteiger partial charge on any atom is 0.217 e. The Hall–Kier alpha value is -2.89. The van der Waals surface area contributed by atoms with Crippen molar-refractivity contribution in [3.8, 4) is 17.2 Å². The van der Waals surface area contributed by atoms with Gasteiger partial charge in [0.15, 0.2) is 0 Å². The van der Waals surface area contributed by atoms with Crippen LogP contribution in [0.15, 0.2) is 65.8 Å². The molecule has 5 nitrogen and oxygen atoms in total.